The molecule has 2 rings (SSSR count). The highest BCUT2D eigenvalue weighted by Crippen LogP contribution is 2.11. The summed E-state index contributed by atoms with van der Waals surface area (Å²) in [6.45, 7) is 5.09. The van der Waals surface area contributed by atoms with Gasteiger partial charge >= 0.3 is 0 Å². The van der Waals surface area contributed by atoms with Crippen LogP contribution in [0.3, 0.4) is 0 Å². The zero-order chi connectivity index (χ0) is 16.7. The number of nitriles is 1. The van der Waals surface area contributed by atoms with Gasteiger partial charge in [0.15, 0.2) is 0 Å². The Bertz CT molecular complexity index is 738. The van der Waals surface area contributed by atoms with Crippen LogP contribution in [-0.2, 0) is 17.8 Å². The van der Waals surface area contributed by atoms with Crippen molar-refractivity contribution in [3.8, 4) is 6.07 Å². The maximum Gasteiger partial charge on any atom is 0.261 e. The molecule has 0 aliphatic heterocycles. The molecule has 0 aliphatic carbocycles. The quantitative estimate of drug-likeness (QED) is 0.658. The Morgan fingerprint density at radius 1 is 1.39 bits per heavy atom. The molecular weight excluding hydrogens is 288 g/mol. The van der Waals surface area contributed by atoms with Crippen molar-refractivity contribution in [2.45, 2.75) is 26.8 Å². The number of hydrogen-bond donors (Lipinski definition) is 1. The monoisotopic (exact) mass is 308 g/mol. The molecule has 0 unspecified atom stereocenters. The second-order valence-corrected chi connectivity index (χ2v) is 5.19. The second-order valence-electron chi connectivity index (χ2n) is 5.19. The molecule has 0 fully saturated rings. The van der Waals surface area contributed by atoms with E-state index < -0.39 is 0 Å². The fraction of sp³-hybridized carbons (Fsp3) is 0.278. The van der Waals surface area contributed by atoms with E-state index in [1.54, 1.807) is 10.8 Å². The fourth-order valence-corrected chi connectivity index (χ4v) is 2.20. The lowest BCUT2D eigenvalue weighted by atomic mass is 10.1. The van der Waals surface area contributed by atoms with E-state index >= 15 is 0 Å². The number of amides is 1. The molecule has 23 heavy (non-hydrogen) atoms. The standard InChI is InChI=1S/C18H20N4O/c1-3-22-13-17(14(2)21-22)11-16(12-19)18(23)20-10-9-15-7-5-4-6-8-15/h4-8,11,13H,3,9-10H2,1-2H3,(H,20,23). The first kappa shape index (κ1) is 16.5. The van der Waals surface area contributed by atoms with Gasteiger partial charge in [-0.15, -0.1) is 0 Å². The van der Waals surface area contributed by atoms with Gasteiger partial charge in [0.1, 0.15) is 11.6 Å². The normalized spacial score (nSPS) is 11.1. The minimum absolute atomic E-state index is 0.0943. The molecule has 0 atom stereocenters. The van der Waals surface area contributed by atoms with Crippen LogP contribution >= 0.6 is 0 Å². The van der Waals surface area contributed by atoms with Crippen LogP contribution < -0.4 is 5.32 Å². The summed E-state index contributed by atoms with van der Waals surface area (Å²) in [5.74, 6) is -0.355. The van der Waals surface area contributed by atoms with Gasteiger partial charge in [-0.3, -0.25) is 9.48 Å². The van der Waals surface area contributed by atoms with Crippen molar-refractivity contribution in [1.82, 2.24) is 15.1 Å². The smallest absolute Gasteiger partial charge is 0.261 e. The van der Waals surface area contributed by atoms with Crippen molar-refractivity contribution in [3.05, 3.63) is 58.9 Å². The van der Waals surface area contributed by atoms with Crippen LogP contribution in [-0.4, -0.2) is 22.2 Å². The molecular formula is C18H20N4O. The summed E-state index contributed by atoms with van der Waals surface area (Å²) >= 11 is 0. The molecule has 118 valence electrons. The van der Waals surface area contributed by atoms with Gasteiger partial charge in [-0.25, -0.2) is 0 Å². The highest BCUT2D eigenvalue weighted by Gasteiger charge is 2.10. The summed E-state index contributed by atoms with van der Waals surface area (Å²) in [5.41, 5.74) is 2.84. The topological polar surface area (TPSA) is 70.7 Å². The maximum atomic E-state index is 12.1. The average Bonchev–Trinajstić information content (AvgIpc) is 2.93. The Balaban J connectivity index is 1.99. The summed E-state index contributed by atoms with van der Waals surface area (Å²) in [6, 6.07) is 11.9. The lowest BCUT2D eigenvalue weighted by molar-refractivity contribution is -0.117. The predicted molar refractivity (Wildman–Crippen MR) is 89.4 cm³/mol. The van der Waals surface area contributed by atoms with E-state index in [0.29, 0.717) is 6.54 Å². The lowest BCUT2D eigenvalue weighted by Gasteiger charge is -2.04. The van der Waals surface area contributed by atoms with Crippen molar-refractivity contribution >= 4 is 12.0 Å². The number of carbonyl (C=O) groups excluding carboxylic acids is 1. The molecule has 5 heteroatoms. The number of aromatic nitrogens is 2. The van der Waals surface area contributed by atoms with Gasteiger partial charge < -0.3 is 5.32 Å². The van der Waals surface area contributed by atoms with Gasteiger partial charge in [0.05, 0.1) is 5.69 Å². The number of carbonyl (C=O) groups is 1. The summed E-state index contributed by atoms with van der Waals surface area (Å²) < 4.78 is 1.78. The van der Waals surface area contributed by atoms with E-state index in [4.69, 9.17) is 0 Å². The first-order valence-corrected chi connectivity index (χ1v) is 7.62. The van der Waals surface area contributed by atoms with Crippen LogP contribution in [0.2, 0.25) is 0 Å². The van der Waals surface area contributed by atoms with E-state index in [1.165, 1.54) is 0 Å². The SMILES string of the molecule is CCn1cc(C=C(C#N)C(=O)NCCc2ccccc2)c(C)n1. The molecule has 5 nitrogen and oxygen atoms in total. The molecule has 1 aromatic heterocycles. The Kier molecular flexibility index (Phi) is 5.70. The molecule has 1 aromatic carbocycles. The molecule has 1 amide bonds. The zero-order valence-electron chi connectivity index (χ0n) is 13.4. The van der Waals surface area contributed by atoms with Crippen LogP contribution in [0.25, 0.3) is 6.08 Å². The molecule has 0 saturated heterocycles. The molecule has 1 N–H and O–H groups in total. The van der Waals surface area contributed by atoms with Gasteiger partial charge in [0.25, 0.3) is 5.91 Å². The van der Waals surface area contributed by atoms with E-state index in [0.717, 1.165) is 29.8 Å². The van der Waals surface area contributed by atoms with Crippen molar-refractivity contribution in [3.63, 3.8) is 0 Å². The summed E-state index contributed by atoms with van der Waals surface area (Å²) in [6.07, 6.45) is 4.16. The number of rotatable bonds is 6. The van der Waals surface area contributed by atoms with Crippen LogP contribution in [0.15, 0.2) is 42.1 Å². The summed E-state index contributed by atoms with van der Waals surface area (Å²) in [5, 5.41) is 16.3. The molecule has 2 aromatic rings. The van der Waals surface area contributed by atoms with Gasteiger partial charge in [0, 0.05) is 24.8 Å². The summed E-state index contributed by atoms with van der Waals surface area (Å²) in [7, 11) is 0. The number of nitrogens with zero attached hydrogens (tertiary/aromatic N) is 3. The Labute approximate surface area is 136 Å². The van der Waals surface area contributed by atoms with Crippen molar-refractivity contribution in [1.29, 1.82) is 5.26 Å². The Hall–Kier alpha value is -2.87. The van der Waals surface area contributed by atoms with Gasteiger partial charge in [0.2, 0.25) is 0 Å². The van der Waals surface area contributed by atoms with E-state index in [9.17, 15) is 10.1 Å². The third-order valence-corrected chi connectivity index (χ3v) is 3.52. The van der Waals surface area contributed by atoms with E-state index in [1.807, 2.05) is 56.4 Å². The van der Waals surface area contributed by atoms with E-state index in [2.05, 4.69) is 10.4 Å². The molecule has 1 heterocycles. The largest absolute Gasteiger partial charge is 0.351 e. The molecule has 0 bridgehead atoms. The van der Waals surface area contributed by atoms with Crippen LogP contribution in [0.5, 0.6) is 0 Å². The first-order valence-electron chi connectivity index (χ1n) is 7.62. The Morgan fingerprint density at radius 3 is 2.74 bits per heavy atom. The number of hydrogen-bond acceptors (Lipinski definition) is 3. The van der Waals surface area contributed by atoms with Gasteiger partial charge in [-0.1, -0.05) is 30.3 Å². The maximum absolute atomic E-state index is 12.1. The van der Waals surface area contributed by atoms with Crippen LogP contribution in [0.1, 0.15) is 23.7 Å². The third kappa shape index (κ3) is 4.55. The first-order chi connectivity index (χ1) is 11.1. The fourth-order valence-electron chi connectivity index (χ4n) is 2.20. The van der Waals surface area contributed by atoms with Crippen LogP contribution in [0.4, 0.5) is 0 Å². The molecule has 0 radical (unpaired) electrons. The average molecular weight is 308 g/mol. The molecule has 0 saturated carbocycles. The Morgan fingerprint density at radius 2 is 2.13 bits per heavy atom. The minimum atomic E-state index is -0.355. The third-order valence-electron chi connectivity index (χ3n) is 3.52. The van der Waals surface area contributed by atoms with Crippen molar-refractivity contribution in [2.24, 2.45) is 0 Å². The van der Waals surface area contributed by atoms with E-state index in [-0.39, 0.29) is 11.5 Å². The highest BCUT2D eigenvalue weighted by atomic mass is 16.1. The summed E-state index contributed by atoms with van der Waals surface area (Å²) in [4.78, 5) is 12.1. The number of nitrogens with one attached hydrogen (secondary N) is 1. The number of aryl methyl sites for hydroxylation is 2. The number of benzene rings is 1. The minimum Gasteiger partial charge on any atom is -0.351 e. The zero-order valence-corrected chi connectivity index (χ0v) is 13.4. The van der Waals surface area contributed by atoms with Crippen molar-refractivity contribution < 1.29 is 4.79 Å². The molecule has 0 aliphatic rings. The van der Waals surface area contributed by atoms with Gasteiger partial charge in [-0.2, -0.15) is 10.4 Å². The highest BCUT2D eigenvalue weighted by molar-refractivity contribution is 6.01. The second kappa shape index (κ2) is 7.95. The predicted octanol–water partition coefficient (Wildman–Crippen LogP) is 2.48. The van der Waals surface area contributed by atoms with Crippen LogP contribution in [0, 0.1) is 18.3 Å². The van der Waals surface area contributed by atoms with Crippen molar-refractivity contribution in [2.75, 3.05) is 6.54 Å². The van der Waals surface area contributed by atoms with Gasteiger partial charge in [-0.05, 0) is 31.9 Å². The molecule has 0 spiro atoms. The lowest BCUT2D eigenvalue weighted by Crippen LogP contribution is -2.26.